The maximum Gasteiger partial charge on any atom is 0.269 e. The highest BCUT2D eigenvalue weighted by Crippen LogP contribution is 2.26. The van der Waals surface area contributed by atoms with Gasteiger partial charge in [-0.15, -0.1) is 0 Å². The summed E-state index contributed by atoms with van der Waals surface area (Å²) in [7, 11) is 0. The van der Waals surface area contributed by atoms with Crippen LogP contribution in [0.5, 0.6) is 0 Å². The minimum absolute atomic E-state index is 0.244. The second-order valence-electron chi connectivity index (χ2n) is 5.19. The molecular formula is C14H17ClN4O. The highest BCUT2D eigenvalue weighted by molar-refractivity contribution is 6.33. The van der Waals surface area contributed by atoms with Crippen LogP contribution in [-0.2, 0) is 0 Å². The van der Waals surface area contributed by atoms with Gasteiger partial charge < -0.3 is 11.1 Å². The van der Waals surface area contributed by atoms with Crippen LogP contribution in [0.1, 0.15) is 24.3 Å². The van der Waals surface area contributed by atoms with Gasteiger partial charge >= 0.3 is 0 Å². The maximum atomic E-state index is 12.1. The summed E-state index contributed by atoms with van der Waals surface area (Å²) in [4.78, 5) is 12.1. The van der Waals surface area contributed by atoms with Crippen LogP contribution >= 0.6 is 11.6 Å². The molecule has 0 bridgehead atoms. The zero-order chi connectivity index (χ0) is 14.8. The van der Waals surface area contributed by atoms with E-state index in [-0.39, 0.29) is 5.91 Å². The number of carbonyl (C=O) groups excluding carboxylic acids is 1. The molecule has 20 heavy (non-hydrogen) atoms. The molecule has 1 heterocycles. The molecular weight excluding hydrogens is 276 g/mol. The number of H-pyrrole nitrogens is 1. The fourth-order valence-corrected chi connectivity index (χ4v) is 1.90. The van der Waals surface area contributed by atoms with E-state index in [0.717, 1.165) is 5.56 Å². The van der Waals surface area contributed by atoms with Crippen molar-refractivity contribution in [3.63, 3.8) is 0 Å². The summed E-state index contributed by atoms with van der Waals surface area (Å²) in [6, 6.07) is 9.01. The van der Waals surface area contributed by atoms with Gasteiger partial charge in [-0.2, -0.15) is 5.10 Å². The average molecular weight is 293 g/mol. The third-order valence-electron chi connectivity index (χ3n) is 2.93. The van der Waals surface area contributed by atoms with E-state index >= 15 is 0 Å². The number of carbonyl (C=O) groups is 1. The highest BCUT2D eigenvalue weighted by atomic mass is 35.5. The van der Waals surface area contributed by atoms with E-state index in [1.165, 1.54) is 0 Å². The van der Waals surface area contributed by atoms with Crippen molar-refractivity contribution in [3.05, 3.63) is 41.0 Å². The molecule has 0 aliphatic heterocycles. The number of hydrogen-bond donors (Lipinski definition) is 3. The smallest absolute Gasteiger partial charge is 0.269 e. The van der Waals surface area contributed by atoms with Gasteiger partial charge in [0.15, 0.2) is 0 Å². The van der Waals surface area contributed by atoms with Crippen LogP contribution in [0.25, 0.3) is 11.3 Å². The molecule has 5 nitrogen and oxygen atoms in total. The Kier molecular flexibility index (Phi) is 4.11. The number of hydrogen-bond acceptors (Lipinski definition) is 3. The van der Waals surface area contributed by atoms with Crippen LogP contribution in [0.3, 0.4) is 0 Å². The molecule has 6 heteroatoms. The van der Waals surface area contributed by atoms with Crippen LogP contribution in [-0.4, -0.2) is 28.2 Å². The van der Waals surface area contributed by atoms with Crippen molar-refractivity contribution < 1.29 is 4.79 Å². The van der Waals surface area contributed by atoms with Gasteiger partial charge in [0, 0.05) is 17.6 Å². The van der Waals surface area contributed by atoms with Crippen LogP contribution < -0.4 is 11.1 Å². The first-order valence-corrected chi connectivity index (χ1v) is 6.63. The summed E-state index contributed by atoms with van der Waals surface area (Å²) in [5.74, 6) is -0.244. The number of halogens is 1. The molecule has 0 unspecified atom stereocenters. The van der Waals surface area contributed by atoms with Crippen LogP contribution in [0.4, 0.5) is 0 Å². The van der Waals surface area contributed by atoms with E-state index in [9.17, 15) is 4.79 Å². The quantitative estimate of drug-likeness (QED) is 0.808. The number of aromatic amines is 1. The third kappa shape index (κ3) is 3.18. The molecule has 1 amide bonds. The molecule has 0 fully saturated rings. The number of nitrogens with one attached hydrogen (secondary N) is 2. The van der Waals surface area contributed by atoms with Crippen molar-refractivity contribution in [1.82, 2.24) is 15.5 Å². The van der Waals surface area contributed by atoms with E-state index in [2.05, 4.69) is 15.5 Å². The molecule has 0 atom stereocenters. The molecule has 0 radical (unpaired) electrons. The lowest BCUT2D eigenvalue weighted by atomic mass is 10.1. The molecule has 4 N–H and O–H groups in total. The second kappa shape index (κ2) is 5.64. The highest BCUT2D eigenvalue weighted by Gasteiger charge is 2.21. The Morgan fingerprint density at radius 3 is 2.80 bits per heavy atom. The lowest BCUT2D eigenvalue weighted by Gasteiger charge is -2.23. The van der Waals surface area contributed by atoms with Gasteiger partial charge in [-0.05, 0) is 26.0 Å². The minimum Gasteiger partial charge on any atom is -0.345 e. The number of nitrogens with two attached hydrogens (primary N) is 1. The fourth-order valence-electron chi connectivity index (χ4n) is 1.67. The molecule has 1 aromatic carbocycles. The van der Waals surface area contributed by atoms with Gasteiger partial charge in [0.25, 0.3) is 5.91 Å². The lowest BCUT2D eigenvalue weighted by molar-refractivity contribution is 0.0910. The maximum absolute atomic E-state index is 12.1. The Bertz CT molecular complexity index is 621. The molecule has 1 aromatic heterocycles. The Balaban J connectivity index is 2.22. The predicted molar refractivity (Wildman–Crippen MR) is 79.6 cm³/mol. The van der Waals surface area contributed by atoms with Gasteiger partial charge in [0.1, 0.15) is 5.69 Å². The van der Waals surface area contributed by atoms with E-state index in [1.54, 1.807) is 12.1 Å². The summed E-state index contributed by atoms with van der Waals surface area (Å²) in [6.07, 6.45) is 0. The van der Waals surface area contributed by atoms with Crippen molar-refractivity contribution in [2.24, 2.45) is 5.73 Å². The zero-order valence-corrected chi connectivity index (χ0v) is 12.2. The Labute approximate surface area is 122 Å². The predicted octanol–water partition coefficient (Wildman–Crippen LogP) is 2.20. The topological polar surface area (TPSA) is 83.8 Å². The van der Waals surface area contributed by atoms with Gasteiger partial charge in [-0.25, -0.2) is 0 Å². The van der Waals surface area contributed by atoms with Crippen molar-refractivity contribution in [3.8, 4) is 11.3 Å². The molecule has 0 aliphatic carbocycles. The largest absolute Gasteiger partial charge is 0.345 e. The number of amides is 1. The number of aromatic nitrogens is 2. The van der Waals surface area contributed by atoms with E-state index in [0.29, 0.717) is 23.0 Å². The van der Waals surface area contributed by atoms with E-state index in [4.69, 9.17) is 17.3 Å². The molecule has 0 saturated carbocycles. The molecule has 0 saturated heterocycles. The Morgan fingerprint density at radius 1 is 1.45 bits per heavy atom. The summed E-state index contributed by atoms with van der Waals surface area (Å²) >= 11 is 6.11. The molecule has 2 aromatic rings. The molecule has 0 aliphatic rings. The number of nitrogens with zero attached hydrogens (tertiary/aromatic N) is 1. The fraction of sp³-hybridized carbons (Fsp3) is 0.286. The van der Waals surface area contributed by atoms with Crippen molar-refractivity contribution in [2.45, 2.75) is 19.4 Å². The van der Waals surface area contributed by atoms with E-state index < -0.39 is 5.54 Å². The van der Waals surface area contributed by atoms with Crippen molar-refractivity contribution in [2.75, 3.05) is 6.54 Å². The molecule has 106 valence electrons. The Morgan fingerprint density at radius 2 is 2.15 bits per heavy atom. The minimum atomic E-state index is -0.466. The SMILES string of the molecule is CC(C)(CN)NC(=O)c1cc(-c2ccccc2Cl)n[nH]1. The van der Waals surface area contributed by atoms with Crippen molar-refractivity contribution in [1.29, 1.82) is 0 Å². The number of rotatable bonds is 4. The lowest BCUT2D eigenvalue weighted by Crippen LogP contribution is -2.48. The first-order chi connectivity index (χ1) is 9.43. The first kappa shape index (κ1) is 14.6. The van der Waals surface area contributed by atoms with Gasteiger partial charge in [-0.1, -0.05) is 29.8 Å². The normalized spacial score (nSPS) is 11.4. The van der Waals surface area contributed by atoms with Gasteiger partial charge in [0.2, 0.25) is 0 Å². The van der Waals surface area contributed by atoms with Crippen molar-refractivity contribution >= 4 is 17.5 Å². The summed E-state index contributed by atoms with van der Waals surface area (Å²) in [6.45, 7) is 4.07. The van der Waals surface area contributed by atoms with Crippen LogP contribution in [0.15, 0.2) is 30.3 Å². The average Bonchev–Trinajstić information content (AvgIpc) is 2.88. The standard InChI is InChI=1S/C14H17ClN4O/c1-14(2,8-16)17-13(20)12-7-11(18-19-12)9-5-3-4-6-10(9)15/h3-7H,8,16H2,1-2H3,(H,17,20)(H,18,19). The van der Waals surface area contributed by atoms with Gasteiger partial charge in [-0.3, -0.25) is 9.89 Å². The zero-order valence-electron chi connectivity index (χ0n) is 11.4. The van der Waals surface area contributed by atoms with E-state index in [1.807, 2.05) is 32.0 Å². The van der Waals surface area contributed by atoms with Crippen LogP contribution in [0, 0.1) is 0 Å². The summed E-state index contributed by atoms with van der Waals surface area (Å²) < 4.78 is 0. The van der Waals surface area contributed by atoms with Gasteiger partial charge in [0.05, 0.1) is 10.7 Å². The first-order valence-electron chi connectivity index (χ1n) is 6.26. The molecule has 2 rings (SSSR count). The molecule has 0 spiro atoms. The third-order valence-corrected chi connectivity index (χ3v) is 3.26. The second-order valence-corrected chi connectivity index (χ2v) is 5.60. The monoisotopic (exact) mass is 292 g/mol. The summed E-state index contributed by atoms with van der Waals surface area (Å²) in [5.41, 5.74) is 6.91. The number of benzene rings is 1. The summed E-state index contributed by atoms with van der Waals surface area (Å²) in [5, 5.41) is 10.3. The Hall–Kier alpha value is -1.85. The van der Waals surface area contributed by atoms with Crippen LogP contribution in [0.2, 0.25) is 5.02 Å².